The molecule has 0 aliphatic carbocycles. The highest BCUT2D eigenvalue weighted by molar-refractivity contribution is 5.68. The van der Waals surface area contributed by atoms with Gasteiger partial charge in [-0.25, -0.2) is 4.39 Å². The predicted octanol–water partition coefficient (Wildman–Crippen LogP) is 1.98. The Labute approximate surface area is 93.5 Å². The highest BCUT2D eigenvalue weighted by Gasteiger charge is 2.23. The van der Waals surface area contributed by atoms with E-state index in [2.05, 4.69) is 0 Å². The Hall–Kier alpha value is -1.42. The van der Waals surface area contributed by atoms with Crippen molar-refractivity contribution < 1.29 is 19.4 Å². The smallest absolute Gasteiger partial charge is 0.306 e. The number of hydrogen-bond donors (Lipinski definition) is 2. The molecule has 4 heteroatoms. The lowest BCUT2D eigenvalue weighted by atomic mass is 9.94. The second-order valence-electron chi connectivity index (χ2n) is 4.19. The van der Waals surface area contributed by atoms with E-state index in [1.54, 1.807) is 12.1 Å². The first-order valence-corrected chi connectivity index (χ1v) is 5.08. The summed E-state index contributed by atoms with van der Waals surface area (Å²) in [6.45, 7) is 1.49. The molecule has 16 heavy (non-hydrogen) atoms. The van der Waals surface area contributed by atoms with Crippen molar-refractivity contribution in [1.29, 1.82) is 0 Å². The highest BCUT2D eigenvalue weighted by atomic mass is 19.1. The molecule has 0 saturated carbocycles. The maximum absolute atomic E-state index is 12.6. The summed E-state index contributed by atoms with van der Waals surface area (Å²) in [6.07, 6.45) is 0.583. The SMILES string of the molecule is CC(O)(CCc1ccc(F)cc1)CC(=O)O. The van der Waals surface area contributed by atoms with Gasteiger partial charge < -0.3 is 10.2 Å². The van der Waals surface area contributed by atoms with Crippen molar-refractivity contribution in [3.05, 3.63) is 35.6 Å². The zero-order valence-electron chi connectivity index (χ0n) is 9.11. The molecule has 0 aliphatic heterocycles. The van der Waals surface area contributed by atoms with Crippen LogP contribution in [0.2, 0.25) is 0 Å². The molecule has 0 radical (unpaired) electrons. The van der Waals surface area contributed by atoms with Crippen molar-refractivity contribution in [2.45, 2.75) is 31.8 Å². The number of rotatable bonds is 5. The standard InChI is InChI=1S/C12H15FO3/c1-12(16,8-11(14)15)7-6-9-2-4-10(13)5-3-9/h2-5,16H,6-8H2,1H3,(H,14,15). The molecule has 0 saturated heterocycles. The monoisotopic (exact) mass is 226 g/mol. The Morgan fingerprint density at radius 3 is 2.44 bits per heavy atom. The maximum atomic E-state index is 12.6. The van der Waals surface area contributed by atoms with Crippen LogP contribution in [-0.2, 0) is 11.2 Å². The fraction of sp³-hybridized carbons (Fsp3) is 0.417. The van der Waals surface area contributed by atoms with Gasteiger partial charge in [0.25, 0.3) is 0 Å². The van der Waals surface area contributed by atoms with E-state index in [0.29, 0.717) is 12.8 Å². The van der Waals surface area contributed by atoms with Crippen LogP contribution in [0.25, 0.3) is 0 Å². The van der Waals surface area contributed by atoms with Crippen LogP contribution in [0.1, 0.15) is 25.3 Å². The molecule has 1 unspecified atom stereocenters. The van der Waals surface area contributed by atoms with Crippen molar-refractivity contribution in [2.75, 3.05) is 0 Å². The van der Waals surface area contributed by atoms with Crippen LogP contribution in [0.5, 0.6) is 0 Å². The van der Waals surface area contributed by atoms with E-state index < -0.39 is 11.6 Å². The average Bonchev–Trinajstić information content (AvgIpc) is 2.15. The van der Waals surface area contributed by atoms with Crippen molar-refractivity contribution in [3.63, 3.8) is 0 Å². The molecule has 1 atom stereocenters. The Kier molecular flexibility index (Phi) is 4.01. The van der Waals surface area contributed by atoms with Crippen LogP contribution in [0.4, 0.5) is 4.39 Å². The van der Waals surface area contributed by atoms with Crippen LogP contribution in [0.15, 0.2) is 24.3 Å². The van der Waals surface area contributed by atoms with Crippen molar-refractivity contribution in [3.8, 4) is 0 Å². The molecule has 1 aromatic rings. The number of carboxylic acid groups (broad SMARTS) is 1. The fourth-order valence-corrected chi connectivity index (χ4v) is 1.48. The molecule has 0 amide bonds. The van der Waals surface area contributed by atoms with E-state index in [-0.39, 0.29) is 12.2 Å². The van der Waals surface area contributed by atoms with Crippen LogP contribution >= 0.6 is 0 Å². The van der Waals surface area contributed by atoms with Crippen LogP contribution < -0.4 is 0 Å². The topological polar surface area (TPSA) is 57.5 Å². The minimum Gasteiger partial charge on any atom is -0.481 e. The first-order valence-electron chi connectivity index (χ1n) is 5.08. The van der Waals surface area contributed by atoms with E-state index in [9.17, 15) is 14.3 Å². The summed E-state index contributed by atoms with van der Waals surface area (Å²) in [4.78, 5) is 10.5. The maximum Gasteiger partial charge on any atom is 0.306 e. The average molecular weight is 226 g/mol. The van der Waals surface area contributed by atoms with E-state index in [1.807, 2.05) is 0 Å². The number of carbonyl (C=O) groups is 1. The molecular weight excluding hydrogens is 211 g/mol. The van der Waals surface area contributed by atoms with E-state index in [0.717, 1.165) is 5.56 Å². The number of benzene rings is 1. The van der Waals surface area contributed by atoms with Gasteiger partial charge in [0, 0.05) is 0 Å². The summed E-state index contributed by atoms with van der Waals surface area (Å²) in [5, 5.41) is 18.3. The molecule has 2 N–H and O–H groups in total. The van der Waals surface area contributed by atoms with Crippen molar-refractivity contribution in [2.24, 2.45) is 0 Å². The lowest BCUT2D eigenvalue weighted by Gasteiger charge is -2.20. The molecule has 0 heterocycles. The Morgan fingerprint density at radius 2 is 1.94 bits per heavy atom. The summed E-state index contributed by atoms with van der Waals surface area (Å²) < 4.78 is 12.6. The second-order valence-corrected chi connectivity index (χ2v) is 4.19. The number of hydrogen-bond acceptors (Lipinski definition) is 2. The Morgan fingerprint density at radius 1 is 1.38 bits per heavy atom. The summed E-state index contributed by atoms with van der Waals surface area (Å²) in [5.74, 6) is -1.33. The molecular formula is C12H15FO3. The normalized spacial score (nSPS) is 14.4. The molecule has 0 fully saturated rings. The molecule has 0 aromatic heterocycles. The van der Waals surface area contributed by atoms with Crippen molar-refractivity contribution >= 4 is 5.97 Å². The fourth-order valence-electron chi connectivity index (χ4n) is 1.48. The van der Waals surface area contributed by atoms with Gasteiger partial charge in [-0.3, -0.25) is 4.79 Å². The van der Waals surface area contributed by atoms with Gasteiger partial charge in [-0.1, -0.05) is 12.1 Å². The molecule has 88 valence electrons. The minimum atomic E-state index is -1.22. The lowest BCUT2D eigenvalue weighted by molar-refractivity contribution is -0.142. The molecule has 3 nitrogen and oxygen atoms in total. The van der Waals surface area contributed by atoms with Gasteiger partial charge in [0.1, 0.15) is 5.82 Å². The third-order valence-corrected chi connectivity index (χ3v) is 2.40. The van der Waals surface area contributed by atoms with Gasteiger partial charge in [-0.05, 0) is 37.5 Å². The van der Waals surface area contributed by atoms with Crippen LogP contribution in [0, 0.1) is 5.82 Å². The number of aryl methyl sites for hydroxylation is 1. The Balaban J connectivity index is 2.50. The molecule has 1 aromatic carbocycles. The van der Waals surface area contributed by atoms with E-state index >= 15 is 0 Å². The highest BCUT2D eigenvalue weighted by Crippen LogP contribution is 2.18. The zero-order valence-corrected chi connectivity index (χ0v) is 9.11. The first kappa shape index (κ1) is 12.6. The lowest BCUT2D eigenvalue weighted by Crippen LogP contribution is -2.28. The van der Waals surface area contributed by atoms with Gasteiger partial charge in [-0.15, -0.1) is 0 Å². The molecule has 0 spiro atoms. The Bertz CT molecular complexity index is 357. The van der Waals surface area contributed by atoms with Gasteiger partial charge in [-0.2, -0.15) is 0 Å². The van der Waals surface area contributed by atoms with Gasteiger partial charge in [0.2, 0.25) is 0 Å². The minimum absolute atomic E-state index is 0.284. The van der Waals surface area contributed by atoms with Gasteiger partial charge in [0.15, 0.2) is 0 Å². The summed E-state index contributed by atoms with van der Waals surface area (Å²) in [7, 11) is 0. The zero-order chi connectivity index (χ0) is 12.2. The summed E-state index contributed by atoms with van der Waals surface area (Å²) in [5.41, 5.74) is -0.340. The predicted molar refractivity (Wildman–Crippen MR) is 57.6 cm³/mol. The van der Waals surface area contributed by atoms with Crippen molar-refractivity contribution in [1.82, 2.24) is 0 Å². The number of aliphatic hydroxyl groups is 1. The van der Waals surface area contributed by atoms with E-state index in [1.165, 1.54) is 19.1 Å². The summed E-state index contributed by atoms with van der Waals surface area (Å²) in [6, 6.07) is 5.96. The molecule has 0 aliphatic rings. The van der Waals surface area contributed by atoms with Crippen LogP contribution in [0.3, 0.4) is 0 Å². The summed E-state index contributed by atoms with van der Waals surface area (Å²) >= 11 is 0. The number of carboxylic acids is 1. The van der Waals surface area contributed by atoms with Crippen LogP contribution in [-0.4, -0.2) is 21.8 Å². The molecule has 1 rings (SSSR count). The number of aliphatic carboxylic acids is 1. The second kappa shape index (κ2) is 5.07. The van der Waals surface area contributed by atoms with Gasteiger partial charge >= 0.3 is 5.97 Å². The largest absolute Gasteiger partial charge is 0.481 e. The number of halogens is 1. The molecule has 0 bridgehead atoms. The first-order chi connectivity index (χ1) is 7.39. The quantitative estimate of drug-likeness (QED) is 0.807. The third kappa shape index (κ3) is 4.40. The van der Waals surface area contributed by atoms with Gasteiger partial charge in [0.05, 0.1) is 12.0 Å². The van der Waals surface area contributed by atoms with E-state index in [4.69, 9.17) is 5.11 Å². The third-order valence-electron chi connectivity index (χ3n) is 2.40.